The predicted octanol–water partition coefficient (Wildman–Crippen LogP) is 0.936. The summed E-state index contributed by atoms with van der Waals surface area (Å²) in [4.78, 5) is 11.1. The molecule has 0 radical (unpaired) electrons. The maximum Gasteiger partial charge on any atom is 0.339 e. The lowest BCUT2D eigenvalue weighted by Crippen LogP contribution is -2.14. The molecule has 10 heteroatoms. The summed E-state index contributed by atoms with van der Waals surface area (Å²) in [5.41, 5.74) is -0.0717. The number of aromatic carboxylic acids is 1. The predicted molar refractivity (Wildman–Crippen MR) is 80.5 cm³/mol. The van der Waals surface area contributed by atoms with Crippen LogP contribution in [0, 0.1) is 0 Å². The van der Waals surface area contributed by atoms with Gasteiger partial charge in [-0.25, -0.2) is 13.2 Å². The van der Waals surface area contributed by atoms with Crippen molar-refractivity contribution in [2.75, 3.05) is 18.9 Å². The van der Waals surface area contributed by atoms with Crippen LogP contribution in [0.2, 0.25) is 0 Å². The molecule has 0 aliphatic rings. The van der Waals surface area contributed by atoms with Gasteiger partial charge in [-0.1, -0.05) is 0 Å². The minimum atomic E-state index is -4.02. The zero-order valence-electron chi connectivity index (χ0n) is 12.6. The second kappa shape index (κ2) is 6.16. The van der Waals surface area contributed by atoms with E-state index in [1.165, 1.54) is 37.4 Å². The van der Waals surface area contributed by atoms with Crippen molar-refractivity contribution in [2.45, 2.75) is 4.90 Å². The molecule has 0 atom stereocenters. The second-order valence-corrected chi connectivity index (χ2v) is 6.20. The first-order chi connectivity index (χ1) is 10.8. The van der Waals surface area contributed by atoms with Gasteiger partial charge < -0.3 is 14.6 Å². The summed E-state index contributed by atoms with van der Waals surface area (Å²) < 4.78 is 38.6. The smallest absolute Gasteiger partial charge is 0.339 e. The van der Waals surface area contributed by atoms with E-state index < -0.39 is 16.0 Å². The van der Waals surface area contributed by atoms with E-state index in [4.69, 9.17) is 9.47 Å². The number of anilines is 1. The highest BCUT2D eigenvalue weighted by Crippen LogP contribution is 2.34. The summed E-state index contributed by atoms with van der Waals surface area (Å²) in [7, 11) is 0.176. The quantitative estimate of drug-likeness (QED) is 0.802. The molecule has 0 saturated heterocycles. The Kier molecular flexibility index (Phi) is 4.45. The van der Waals surface area contributed by atoms with Crippen molar-refractivity contribution in [2.24, 2.45) is 7.05 Å². The first kappa shape index (κ1) is 16.6. The molecule has 2 N–H and O–H groups in total. The fourth-order valence-corrected chi connectivity index (χ4v) is 3.01. The summed E-state index contributed by atoms with van der Waals surface area (Å²) in [6.45, 7) is 0. The topological polar surface area (TPSA) is 120 Å². The fraction of sp³-hybridized carbons (Fsp3) is 0.231. The molecular formula is C13H15N3O6S. The van der Waals surface area contributed by atoms with Crippen LogP contribution in [-0.4, -0.2) is 43.5 Å². The minimum absolute atomic E-state index is 0.000961. The van der Waals surface area contributed by atoms with Crippen molar-refractivity contribution in [3.8, 4) is 11.5 Å². The van der Waals surface area contributed by atoms with Gasteiger partial charge in [0.25, 0.3) is 10.0 Å². The Hall–Kier alpha value is -2.75. The van der Waals surface area contributed by atoms with E-state index in [2.05, 4.69) is 9.82 Å². The van der Waals surface area contributed by atoms with Gasteiger partial charge in [-0.15, -0.1) is 0 Å². The molecule has 2 rings (SSSR count). The van der Waals surface area contributed by atoms with Crippen molar-refractivity contribution < 1.29 is 27.8 Å². The molecule has 1 heterocycles. The van der Waals surface area contributed by atoms with Crippen molar-refractivity contribution in [1.82, 2.24) is 9.78 Å². The lowest BCUT2D eigenvalue weighted by molar-refractivity contribution is 0.0692. The Balaban J connectivity index is 2.53. The fourth-order valence-electron chi connectivity index (χ4n) is 1.94. The summed E-state index contributed by atoms with van der Waals surface area (Å²) in [5.74, 6) is -1.39. The first-order valence-corrected chi connectivity index (χ1v) is 7.77. The van der Waals surface area contributed by atoms with Gasteiger partial charge >= 0.3 is 5.97 Å². The van der Waals surface area contributed by atoms with Crippen LogP contribution in [0.1, 0.15) is 10.4 Å². The largest absolute Gasteiger partial charge is 0.493 e. The maximum absolute atomic E-state index is 12.4. The summed E-state index contributed by atoms with van der Waals surface area (Å²) in [5, 5.41) is 13.1. The number of carboxylic acids is 1. The number of nitrogens with one attached hydrogen (secondary N) is 1. The second-order valence-electron chi connectivity index (χ2n) is 4.52. The Morgan fingerprint density at radius 2 is 2.00 bits per heavy atom. The average Bonchev–Trinajstić information content (AvgIpc) is 2.89. The number of hydrogen-bond acceptors (Lipinski definition) is 6. The molecule has 0 unspecified atom stereocenters. The summed E-state index contributed by atoms with van der Waals surface area (Å²) >= 11 is 0. The monoisotopic (exact) mass is 341 g/mol. The Morgan fingerprint density at radius 3 is 2.48 bits per heavy atom. The van der Waals surface area contributed by atoms with Crippen LogP contribution < -0.4 is 14.2 Å². The number of rotatable bonds is 6. The van der Waals surface area contributed by atoms with E-state index >= 15 is 0 Å². The highest BCUT2D eigenvalue weighted by molar-refractivity contribution is 7.92. The van der Waals surface area contributed by atoms with Crippen LogP contribution in [-0.2, 0) is 17.1 Å². The number of benzene rings is 1. The molecule has 0 spiro atoms. The standard InChI is InChI=1S/C13H15N3O6S/c1-16-7-8(6-14-16)15-23(19,20)9-4-10(13(17)18)12(22-3)11(5-9)21-2/h4-7,15H,1-3H3,(H,17,18). The summed E-state index contributed by atoms with van der Waals surface area (Å²) in [6, 6.07) is 2.19. The van der Waals surface area contributed by atoms with E-state index in [1.807, 2.05) is 0 Å². The van der Waals surface area contributed by atoms with Crippen molar-refractivity contribution in [3.05, 3.63) is 30.1 Å². The van der Waals surface area contributed by atoms with Gasteiger partial charge in [-0.3, -0.25) is 9.40 Å². The number of carbonyl (C=O) groups is 1. The highest BCUT2D eigenvalue weighted by atomic mass is 32.2. The molecule has 0 bridgehead atoms. The normalized spacial score (nSPS) is 11.1. The van der Waals surface area contributed by atoms with E-state index in [1.54, 1.807) is 7.05 Å². The molecule has 1 aromatic carbocycles. The van der Waals surface area contributed by atoms with Gasteiger partial charge in [0, 0.05) is 19.3 Å². The maximum atomic E-state index is 12.4. The average molecular weight is 341 g/mol. The number of aromatic nitrogens is 2. The van der Waals surface area contributed by atoms with Gasteiger partial charge in [-0.2, -0.15) is 5.10 Å². The van der Waals surface area contributed by atoms with E-state index in [0.717, 1.165) is 6.07 Å². The highest BCUT2D eigenvalue weighted by Gasteiger charge is 2.24. The van der Waals surface area contributed by atoms with Crippen molar-refractivity contribution in [3.63, 3.8) is 0 Å². The molecule has 2 aromatic rings. The number of nitrogens with zero attached hydrogens (tertiary/aromatic N) is 2. The third-order valence-electron chi connectivity index (χ3n) is 2.95. The number of hydrogen-bond donors (Lipinski definition) is 2. The van der Waals surface area contributed by atoms with Crippen LogP contribution in [0.3, 0.4) is 0 Å². The molecule has 0 amide bonds. The lowest BCUT2D eigenvalue weighted by Gasteiger charge is -2.13. The molecule has 9 nitrogen and oxygen atoms in total. The van der Waals surface area contributed by atoms with E-state index in [-0.39, 0.29) is 27.6 Å². The number of ether oxygens (including phenoxy) is 2. The van der Waals surface area contributed by atoms with Crippen LogP contribution in [0.4, 0.5) is 5.69 Å². The number of sulfonamides is 1. The molecular weight excluding hydrogens is 326 g/mol. The SMILES string of the molecule is COc1cc(S(=O)(=O)Nc2cnn(C)c2)cc(C(=O)O)c1OC. The van der Waals surface area contributed by atoms with Crippen LogP contribution in [0.15, 0.2) is 29.4 Å². The molecule has 23 heavy (non-hydrogen) atoms. The van der Waals surface area contributed by atoms with Crippen molar-refractivity contribution in [1.29, 1.82) is 0 Å². The Labute approximate surface area is 132 Å². The van der Waals surface area contributed by atoms with E-state index in [9.17, 15) is 18.3 Å². The molecule has 0 saturated carbocycles. The molecule has 1 aromatic heterocycles. The lowest BCUT2D eigenvalue weighted by atomic mass is 10.2. The van der Waals surface area contributed by atoms with Gasteiger partial charge in [-0.05, 0) is 6.07 Å². The molecule has 0 fully saturated rings. The number of methoxy groups -OCH3 is 2. The molecule has 124 valence electrons. The van der Waals surface area contributed by atoms with Gasteiger partial charge in [0.1, 0.15) is 5.56 Å². The zero-order valence-corrected chi connectivity index (χ0v) is 13.4. The van der Waals surface area contributed by atoms with Crippen molar-refractivity contribution >= 4 is 21.7 Å². The van der Waals surface area contributed by atoms with Crippen LogP contribution in [0.5, 0.6) is 11.5 Å². The summed E-state index contributed by atoms with van der Waals surface area (Å²) in [6.07, 6.45) is 2.80. The van der Waals surface area contributed by atoms with Gasteiger partial charge in [0.05, 0.1) is 31.0 Å². The first-order valence-electron chi connectivity index (χ1n) is 6.29. The third kappa shape index (κ3) is 3.37. The van der Waals surface area contributed by atoms with E-state index in [0.29, 0.717) is 0 Å². The third-order valence-corrected chi connectivity index (χ3v) is 4.31. The number of aryl methyl sites for hydroxylation is 1. The minimum Gasteiger partial charge on any atom is -0.493 e. The van der Waals surface area contributed by atoms with Crippen LogP contribution >= 0.6 is 0 Å². The Bertz CT molecular complexity index is 843. The number of carboxylic acid groups (broad SMARTS) is 1. The van der Waals surface area contributed by atoms with Gasteiger partial charge in [0.15, 0.2) is 11.5 Å². The molecule has 0 aliphatic heterocycles. The zero-order chi connectivity index (χ0) is 17.2. The Morgan fingerprint density at radius 1 is 1.30 bits per heavy atom. The van der Waals surface area contributed by atoms with Gasteiger partial charge in [0.2, 0.25) is 0 Å². The van der Waals surface area contributed by atoms with Crippen LogP contribution in [0.25, 0.3) is 0 Å². The molecule has 0 aliphatic carbocycles.